The number of pyridine rings is 1. The molecule has 2 aromatic heterocycles. The number of fused-ring (bicyclic) bond motifs is 1. The number of nitrogens with two attached hydrogens (primary N) is 2. The van der Waals surface area contributed by atoms with E-state index in [0.29, 0.717) is 15.9 Å². The minimum Gasteiger partial charge on any atom is -0.478 e. The second-order valence-electron chi connectivity index (χ2n) is 5.07. The number of nitrogens with zero attached hydrogens (tertiary/aromatic N) is 2. The van der Waals surface area contributed by atoms with E-state index < -0.39 is 11.9 Å². The predicted molar refractivity (Wildman–Crippen MR) is 94.5 cm³/mol. The Labute approximate surface area is 145 Å². The Kier molecular flexibility index (Phi) is 3.96. The van der Waals surface area contributed by atoms with Gasteiger partial charge >= 0.3 is 5.97 Å². The lowest BCUT2D eigenvalue weighted by molar-refractivity contribution is 0.0696. The minimum absolute atomic E-state index is 0.0511. The second-order valence-corrected chi connectivity index (χ2v) is 6.07. The number of carbonyl (C=O) groups is 2. The van der Waals surface area contributed by atoms with Crippen molar-refractivity contribution < 1.29 is 14.7 Å². The molecule has 9 heteroatoms. The normalized spacial score (nSPS) is 10.4. The fraction of sp³-hybridized carbons (Fsp3) is 0. The van der Waals surface area contributed by atoms with Crippen molar-refractivity contribution in [3.8, 4) is 6.07 Å². The Morgan fingerprint density at radius 1 is 1.28 bits per heavy atom. The zero-order chi connectivity index (χ0) is 18.1. The smallest absolute Gasteiger partial charge is 0.335 e. The van der Waals surface area contributed by atoms with Crippen molar-refractivity contribution >= 4 is 50.6 Å². The molecule has 0 fully saturated rings. The second kappa shape index (κ2) is 6.10. The monoisotopic (exact) mass is 353 g/mol. The molecule has 2 heterocycles. The van der Waals surface area contributed by atoms with Crippen LogP contribution in [0, 0.1) is 11.3 Å². The summed E-state index contributed by atoms with van der Waals surface area (Å²) in [5.74, 6) is -1.53. The summed E-state index contributed by atoms with van der Waals surface area (Å²) in [4.78, 5) is 28.2. The van der Waals surface area contributed by atoms with Crippen molar-refractivity contribution in [3.05, 3.63) is 46.3 Å². The number of benzene rings is 1. The summed E-state index contributed by atoms with van der Waals surface area (Å²) in [6.45, 7) is 0. The van der Waals surface area contributed by atoms with Crippen molar-refractivity contribution in [2.24, 2.45) is 0 Å². The number of hydrogen-bond donors (Lipinski definition) is 4. The Morgan fingerprint density at radius 2 is 2.04 bits per heavy atom. The Morgan fingerprint density at radius 3 is 2.72 bits per heavy atom. The third-order valence-electron chi connectivity index (χ3n) is 3.44. The van der Waals surface area contributed by atoms with Crippen LogP contribution in [0.5, 0.6) is 0 Å². The van der Waals surface area contributed by atoms with Gasteiger partial charge in [-0.2, -0.15) is 5.26 Å². The molecule has 124 valence electrons. The van der Waals surface area contributed by atoms with Crippen LogP contribution in [0.4, 0.5) is 17.2 Å². The van der Waals surface area contributed by atoms with Crippen molar-refractivity contribution in [2.75, 3.05) is 16.8 Å². The van der Waals surface area contributed by atoms with Crippen molar-refractivity contribution in [2.45, 2.75) is 0 Å². The van der Waals surface area contributed by atoms with Gasteiger partial charge in [0.25, 0.3) is 5.91 Å². The number of nitrogen functional groups attached to an aromatic ring is 2. The van der Waals surface area contributed by atoms with Gasteiger partial charge in [-0.25, -0.2) is 9.78 Å². The first kappa shape index (κ1) is 16.2. The lowest BCUT2D eigenvalue weighted by Crippen LogP contribution is -2.12. The first-order valence-electron chi connectivity index (χ1n) is 6.94. The van der Waals surface area contributed by atoms with Gasteiger partial charge in [-0.15, -0.1) is 11.3 Å². The van der Waals surface area contributed by atoms with Gasteiger partial charge in [-0.05, 0) is 24.3 Å². The minimum atomic E-state index is -1.10. The number of hydrogen-bond acceptors (Lipinski definition) is 7. The van der Waals surface area contributed by atoms with E-state index in [1.54, 1.807) is 6.07 Å². The zero-order valence-corrected chi connectivity index (χ0v) is 13.4. The summed E-state index contributed by atoms with van der Waals surface area (Å²) in [6.07, 6.45) is 0. The van der Waals surface area contributed by atoms with E-state index in [2.05, 4.69) is 10.3 Å². The maximum Gasteiger partial charge on any atom is 0.335 e. The van der Waals surface area contributed by atoms with Crippen molar-refractivity contribution in [3.63, 3.8) is 0 Å². The third kappa shape index (κ3) is 2.93. The number of carbonyl (C=O) groups excluding carboxylic acids is 1. The molecule has 8 nitrogen and oxygen atoms in total. The van der Waals surface area contributed by atoms with Gasteiger partial charge in [0.15, 0.2) is 0 Å². The van der Waals surface area contributed by atoms with Gasteiger partial charge in [0, 0.05) is 11.1 Å². The summed E-state index contributed by atoms with van der Waals surface area (Å²) < 4.78 is 0. The molecule has 0 atom stereocenters. The van der Waals surface area contributed by atoms with Gasteiger partial charge < -0.3 is 21.9 Å². The van der Waals surface area contributed by atoms with E-state index in [1.165, 1.54) is 24.3 Å². The molecule has 0 aliphatic heterocycles. The van der Waals surface area contributed by atoms with E-state index >= 15 is 0 Å². The number of amides is 1. The van der Waals surface area contributed by atoms with Crippen LogP contribution < -0.4 is 16.8 Å². The summed E-state index contributed by atoms with van der Waals surface area (Å²) in [5.41, 5.74) is 12.4. The van der Waals surface area contributed by atoms with Crippen LogP contribution in [-0.2, 0) is 0 Å². The molecule has 0 aliphatic carbocycles. The van der Waals surface area contributed by atoms with Crippen LogP contribution in [0.2, 0.25) is 0 Å². The number of aromatic carboxylic acids is 1. The highest BCUT2D eigenvalue weighted by molar-refractivity contribution is 7.21. The Bertz CT molecular complexity index is 1070. The highest BCUT2D eigenvalue weighted by Crippen LogP contribution is 2.34. The van der Waals surface area contributed by atoms with E-state index in [9.17, 15) is 9.59 Å². The Balaban J connectivity index is 1.98. The fourth-order valence-corrected chi connectivity index (χ4v) is 3.21. The molecule has 25 heavy (non-hydrogen) atoms. The van der Waals surface area contributed by atoms with Gasteiger partial charge in [-0.1, -0.05) is 6.07 Å². The number of rotatable bonds is 3. The molecule has 1 aromatic carbocycles. The molecule has 6 N–H and O–H groups in total. The lowest BCUT2D eigenvalue weighted by Gasteiger charge is -2.05. The molecule has 0 radical (unpaired) electrons. The molecular weight excluding hydrogens is 342 g/mol. The SMILES string of the molecule is N#Cc1cc2c(N)c(C(=O)Nc3cccc(C(=O)O)c3)sc2nc1N. The summed E-state index contributed by atoms with van der Waals surface area (Å²) in [7, 11) is 0. The van der Waals surface area contributed by atoms with Gasteiger partial charge in [0.2, 0.25) is 0 Å². The molecule has 3 rings (SSSR count). The number of anilines is 3. The van der Waals surface area contributed by atoms with Gasteiger partial charge in [-0.3, -0.25) is 4.79 Å². The maximum atomic E-state index is 12.5. The van der Waals surface area contributed by atoms with E-state index in [1.807, 2.05) is 6.07 Å². The van der Waals surface area contributed by atoms with Crippen LogP contribution >= 0.6 is 11.3 Å². The standard InChI is InChI=1S/C16H11N5O3S/c17-6-8-5-10-11(18)12(25-15(10)21-13(8)19)14(22)20-9-3-1-2-7(4-9)16(23)24/h1-5H,18H2,(H2,19,21)(H,20,22)(H,23,24). The third-order valence-corrected chi connectivity index (χ3v) is 4.56. The Hall–Kier alpha value is -3.64. The summed E-state index contributed by atoms with van der Waals surface area (Å²) >= 11 is 1.04. The van der Waals surface area contributed by atoms with Crippen LogP contribution in [0.1, 0.15) is 25.6 Å². The lowest BCUT2D eigenvalue weighted by atomic mass is 10.2. The molecule has 0 unspecified atom stereocenters. The number of carboxylic acids is 1. The molecule has 0 saturated heterocycles. The number of thiophene rings is 1. The predicted octanol–water partition coefficient (Wildman–Crippen LogP) is 2.28. The molecule has 0 bridgehead atoms. The molecule has 0 spiro atoms. The topological polar surface area (TPSA) is 155 Å². The van der Waals surface area contributed by atoms with E-state index in [0.717, 1.165) is 11.3 Å². The van der Waals surface area contributed by atoms with Crippen LogP contribution in [0.3, 0.4) is 0 Å². The summed E-state index contributed by atoms with van der Waals surface area (Å²) in [6, 6.07) is 9.26. The first-order chi connectivity index (χ1) is 11.9. The molecule has 0 saturated carbocycles. The number of carboxylic acid groups (broad SMARTS) is 1. The number of nitriles is 1. The van der Waals surface area contributed by atoms with E-state index in [4.69, 9.17) is 21.8 Å². The maximum absolute atomic E-state index is 12.5. The van der Waals surface area contributed by atoms with Crippen LogP contribution in [0.15, 0.2) is 30.3 Å². The largest absolute Gasteiger partial charge is 0.478 e. The molecule has 0 aliphatic rings. The molecule has 3 aromatic rings. The van der Waals surface area contributed by atoms with Crippen molar-refractivity contribution in [1.29, 1.82) is 5.26 Å². The van der Waals surface area contributed by atoms with Crippen LogP contribution in [0.25, 0.3) is 10.2 Å². The quantitative estimate of drug-likeness (QED) is 0.563. The highest BCUT2D eigenvalue weighted by Gasteiger charge is 2.19. The highest BCUT2D eigenvalue weighted by atomic mass is 32.1. The zero-order valence-electron chi connectivity index (χ0n) is 12.6. The van der Waals surface area contributed by atoms with Gasteiger partial charge in [0.1, 0.15) is 21.6 Å². The number of nitrogens with one attached hydrogen (secondary N) is 1. The first-order valence-corrected chi connectivity index (χ1v) is 7.75. The van der Waals surface area contributed by atoms with E-state index in [-0.39, 0.29) is 27.5 Å². The average molecular weight is 353 g/mol. The van der Waals surface area contributed by atoms with Gasteiger partial charge in [0.05, 0.1) is 16.8 Å². The van der Waals surface area contributed by atoms with Crippen LogP contribution in [-0.4, -0.2) is 22.0 Å². The fourth-order valence-electron chi connectivity index (χ4n) is 2.23. The summed E-state index contributed by atoms with van der Waals surface area (Å²) in [5, 5.41) is 21.1. The number of aromatic nitrogens is 1. The average Bonchev–Trinajstić information content (AvgIpc) is 2.90. The molecular formula is C16H11N5O3S. The molecule has 1 amide bonds. The van der Waals surface area contributed by atoms with Crippen molar-refractivity contribution in [1.82, 2.24) is 4.98 Å².